The third kappa shape index (κ3) is 4.86. The number of halogens is 1. The van der Waals surface area contributed by atoms with Crippen LogP contribution in [-0.4, -0.2) is 51.2 Å². The summed E-state index contributed by atoms with van der Waals surface area (Å²) in [5, 5.41) is 23.1. The molecule has 0 saturated heterocycles. The van der Waals surface area contributed by atoms with Crippen molar-refractivity contribution in [2.45, 2.75) is 32.5 Å². The van der Waals surface area contributed by atoms with Crippen LogP contribution in [0.2, 0.25) is 0 Å². The van der Waals surface area contributed by atoms with Crippen LogP contribution in [0.4, 0.5) is 4.39 Å². The highest BCUT2D eigenvalue weighted by atomic mass is 19.1. The van der Waals surface area contributed by atoms with Crippen molar-refractivity contribution < 1.29 is 14.6 Å². The Labute approximate surface area is 136 Å². The Morgan fingerprint density at radius 1 is 1.30 bits per heavy atom. The molecule has 126 valence electrons. The first kappa shape index (κ1) is 17.6. The Balaban J connectivity index is 2.30. The van der Waals surface area contributed by atoms with Crippen LogP contribution in [0.15, 0.2) is 30.5 Å². The predicted molar refractivity (Wildman–Crippen MR) is 87.3 cm³/mol. The van der Waals surface area contributed by atoms with E-state index in [0.29, 0.717) is 0 Å². The monoisotopic (exact) mass is 321 g/mol. The van der Waals surface area contributed by atoms with E-state index in [9.17, 15) is 9.50 Å². The molecule has 2 aromatic rings. The van der Waals surface area contributed by atoms with Crippen LogP contribution >= 0.6 is 0 Å². The lowest BCUT2D eigenvalue weighted by atomic mass is 10.1. The minimum Gasteiger partial charge on any atom is -0.394 e. The third-order valence-electron chi connectivity index (χ3n) is 3.61. The molecule has 1 heterocycles. The predicted octanol–water partition coefficient (Wildman–Crippen LogP) is 1.88. The van der Waals surface area contributed by atoms with Gasteiger partial charge in [0.05, 0.1) is 24.9 Å². The second-order valence-corrected chi connectivity index (χ2v) is 5.81. The fourth-order valence-electron chi connectivity index (χ4n) is 2.55. The van der Waals surface area contributed by atoms with E-state index in [4.69, 9.17) is 5.11 Å². The zero-order valence-corrected chi connectivity index (χ0v) is 13.6. The van der Waals surface area contributed by atoms with E-state index in [1.54, 1.807) is 16.8 Å². The summed E-state index contributed by atoms with van der Waals surface area (Å²) in [6, 6.07) is 6.23. The van der Waals surface area contributed by atoms with Crippen LogP contribution in [0.5, 0.6) is 0 Å². The minimum atomic E-state index is -0.850. The third-order valence-corrected chi connectivity index (χ3v) is 3.61. The quantitative estimate of drug-likeness (QED) is 0.779. The van der Waals surface area contributed by atoms with Crippen LogP contribution in [0.3, 0.4) is 0 Å². The summed E-state index contributed by atoms with van der Waals surface area (Å²) >= 11 is 0. The van der Waals surface area contributed by atoms with Gasteiger partial charge in [0.15, 0.2) is 0 Å². The lowest BCUT2D eigenvalue weighted by molar-refractivity contribution is 0.0783. The molecule has 6 heteroatoms. The Kier molecular flexibility index (Phi) is 6.27. The van der Waals surface area contributed by atoms with Gasteiger partial charge in [-0.3, -0.25) is 4.68 Å². The average molecular weight is 321 g/mol. The smallest absolute Gasteiger partial charge is 0.123 e. The molecule has 1 aromatic carbocycles. The number of hydrogen-bond donors (Lipinski definition) is 2. The number of aromatic nitrogens is 2. The van der Waals surface area contributed by atoms with Gasteiger partial charge in [-0.25, -0.2) is 4.39 Å². The van der Waals surface area contributed by atoms with Crippen LogP contribution in [0.1, 0.15) is 18.9 Å². The average Bonchev–Trinajstić information content (AvgIpc) is 2.90. The van der Waals surface area contributed by atoms with Gasteiger partial charge in [0.25, 0.3) is 0 Å². The van der Waals surface area contributed by atoms with Crippen LogP contribution in [0, 0.1) is 5.82 Å². The van der Waals surface area contributed by atoms with E-state index in [0.717, 1.165) is 36.3 Å². The molecule has 5 nitrogen and oxygen atoms in total. The maximum Gasteiger partial charge on any atom is 0.123 e. The summed E-state index contributed by atoms with van der Waals surface area (Å²) in [6.07, 6.45) is 2.08. The van der Waals surface area contributed by atoms with Crippen LogP contribution < -0.4 is 0 Å². The van der Waals surface area contributed by atoms with E-state index in [2.05, 4.69) is 16.9 Å². The van der Waals surface area contributed by atoms with Crippen molar-refractivity contribution in [2.24, 2.45) is 0 Å². The van der Waals surface area contributed by atoms with Crippen molar-refractivity contribution >= 4 is 0 Å². The zero-order chi connectivity index (χ0) is 16.8. The molecule has 0 saturated carbocycles. The summed E-state index contributed by atoms with van der Waals surface area (Å²) in [4.78, 5) is 2.19. The highest BCUT2D eigenvalue weighted by molar-refractivity contribution is 5.62. The van der Waals surface area contributed by atoms with Crippen molar-refractivity contribution in [1.82, 2.24) is 14.7 Å². The first-order valence-corrected chi connectivity index (χ1v) is 7.83. The molecule has 0 aliphatic rings. The molecule has 0 radical (unpaired) electrons. The van der Waals surface area contributed by atoms with E-state index in [-0.39, 0.29) is 19.0 Å². The molecule has 0 fully saturated rings. The lowest BCUT2D eigenvalue weighted by Crippen LogP contribution is -2.20. The van der Waals surface area contributed by atoms with Crippen molar-refractivity contribution in [3.8, 4) is 11.3 Å². The SMILES string of the molecule is CCCN(C)Cc1cn(CC(O)CO)nc1-c1ccc(F)cc1. The van der Waals surface area contributed by atoms with Crippen molar-refractivity contribution in [2.75, 3.05) is 20.2 Å². The summed E-state index contributed by atoms with van der Waals surface area (Å²) in [5.74, 6) is -0.284. The second kappa shape index (κ2) is 8.19. The summed E-state index contributed by atoms with van der Waals surface area (Å²) < 4.78 is 14.8. The molecule has 0 bridgehead atoms. The molecule has 1 atom stereocenters. The molecular weight excluding hydrogens is 297 g/mol. The Morgan fingerprint density at radius 3 is 2.61 bits per heavy atom. The molecule has 1 aromatic heterocycles. The van der Waals surface area contributed by atoms with Gasteiger partial charge in [-0.2, -0.15) is 5.10 Å². The molecule has 2 N–H and O–H groups in total. The standard InChI is InChI=1S/C17H24FN3O2/c1-3-8-20(2)9-14-10-21(11-16(23)12-22)19-17(14)13-4-6-15(18)7-5-13/h4-7,10,16,22-23H,3,8-9,11-12H2,1-2H3. The van der Waals surface area contributed by atoms with Gasteiger partial charge >= 0.3 is 0 Å². The van der Waals surface area contributed by atoms with Gasteiger partial charge in [-0.15, -0.1) is 0 Å². The highest BCUT2D eigenvalue weighted by Crippen LogP contribution is 2.23. The van der Waals surface area contributed by atoms with Crippen molar-refractivity contribution in [3.05, 3.63) is 41.8 Å². The molecule has 2 rings (SSSR count). The van der Waals surface area contributed by atoms with Gasteiger partial charge < -0.3 is 15.1 Å². The maximum atomic E-state index is 13.1. The van der Waals surface area contributed by atoms with E-state index < -0.39 is 6.10 Å². The largest absolute Gasteiger partial charge is 0.394 e. The second-order valence-electron chi connectivity index (χ2n) is 5.81. The Hall–Kier alpha value is -1.76. The summed E-state index contributed by atoms with van der Waals surface area (Å²) in [7, 11) is 2.04. The number of rotatable bonds is 8. The maximum absolute atomic E-state index is 13.1. The van der Waals surface area contributed by atoms with Gasteiger partial charge in [-0.05, 0) is 44.3 Å². The molecule has 0 aliphatic carbocycles. The first-order chi connectivity index (χ1) is 11.0. The first-order valence-electron chi connectivity index (χ1n) is 7.83. The molecule has 1 unspecified atom stereocenters. The van der Waals surface area contributed by atoms with Crippen molar-refractivity contribution in [3.63, 3.8) is 0 Å². The van der Waals surface area contributed by atoms with Gasteiger partial charge in [0.2, 0.25) is 0 Å². The minimum absolute atomic E-state index is 0.224. The van der Waals surface area contributed by atoms with Gasteiger partial charge in [-0.1, -0.05) is 6.92 Å². The Morgan fingerprint density at radius 2 is 2.00 bits per heavy atom. The molecule has 23 heavy (non-hydrogen) atoms. The number of aliphatic hydroxyl groups is 2. The molecule has 0 amide bonds. The van der Waals surface area contributed by atoms with Crippen LogP contribution in [-0.2, 0) is 13.1 Å². The van der Waals surface area contributed by atoms with Gasteiger partial charge in [0, 0.05) is 23.9 Å². The summed E-state index contributed by atoms with van der Waals surface area (Å²) in [5.41, 5.74) is 2.62. The number of hydrogen-bond acceptors (Lipinski definition) is 4. The van der Waals surface area contributed by atoms with E-state index in [1.807, 2.05) is 13.2 Å². The Bertz CT molecular complexity index is 613. The fraction of sp³-hybridized carbons (Fsp3) is 0.471. The van der Waals surface area contributed by atoms with Crippen LogP contribution in [0.25, 0.3) is 11.3 Å². The zero-order valence-electron chi connectivity index (χ0n) is 13.6. The summed E-state index contributed by atoms with van der Waals surface area (Å²) in [6.45, 7) is 3.72. The number of nitrogens with zero attached hydrogens (tertiary/aromatic N) is 3. The fourth-order valence-corrected chi connectivity index (χ4v) is 2.55. The van der Waals surface area contributed by atoms with E-state index in [1.165, 1.54) is 12.1 Å². The lowest BCUT2D eigenvalue weighted by Gasteiger charge is -2.15. The van der Waals surface area contributed by atoms with Crippen molar-refractivity contribution in [1.29, 1.82) is 0 Å². The molecule has 0 spiro atoms. The van der Waals surface area contributed by atoms with Gasteiger partial charge in [0.1, 0.15) is 5.82 Å². The topological polar surface area (TPSA) is 61.5 Å². The highest BCUT2D eigenvalue weighted by Gasteiger charge is 2.14. The number of aliphatic hydroxyl groups excluding tert-OH is 2. The molecule has 0 aliphatic heterocycles. The number of benzene rings is 1. The molecular formula is C17H24FN3O2. The van der Waals surface area contributed by atoms with E-state index >= 15 is 0 Å². The normalized spacial score (nSPS) is 12.8.